The second-order valence-electron chi connectivity index (χ2n) is 8.72. The van der Waals surface area contributed by atoms with Gasteiger partial charge in [-0.25, -0.2) is 19.4 Å². The molecule has 3 N–H and O–H groups in total. The summed E-state index contributed by atoms with van der Waals surface area (Å²) < 4.78 is 95.2. The van der Waals surface area contributed by atoms with Gasteiger partial charge in [-0.2, -0.15) is 39.5 Å². The summed E-state index contributed by atoms with van der Waals surface area (Å²) in [4.78, 5) is 50.5. The number of aryl methyl sites for hydroxylation is 1. The molecule has 42 heavy (non-hydrogen) atoms. The van der Waals surface area contributed by atoms with Crippen LogP contribution in [0.25, 0.3) is 0 Å². The molecule has 0 saturated carbocycles. The Morgan fingerprint density at radius 1 is 0.833 bits per heavy atom. The molecule has 2 fully saturated rings. The highest BCUT2D eigenvalue weighted by Gasteiger charge is 2.48. The van der Waals surface area contributed by atoms with Crippen molar-refractivity contribution in [2.75, 3.05) is 40.3 Å². The lowest BCUT2D eigenvalue weighted by Gasteiger charge is -2.50. The van der Waals surface area contributed by atoms with Crippen LogP contribution in [0.1, 0.15) is 23.5 Å². The van der Waals surface area contributed by atoms with Gasteiger partial charge < -0.3 is 20.2 Å². The van der Waals surface area contributed by atoms with Crippen molar-refractivity contribution in [2.45, 2.75) is 50.4 Å². The Labute approximate surface area is 236 Å². The Morgan fingerprint density at radius 3 is 1.52 bits per heavy atom. The van der Waals surface area contributed by atoms with E-state index < -0.39 is 36.4 Å². The van der Waals surface area contributed by atoms with E-state index in [0.717, 1.165) is 56.3 Å². The predicted molar refractivity (Wildman–Crippen MR) is 125 cm³/mol. The number of carboxylic acid groups (broad SMARTS) is 3. The van der Waals surface area contributed by atoms with Crippen molar-refractivity contribution in [1.82, 2.24) is 19.7 Å². The van der Waals surface area contributed by atoms with Crippen LogP contribution in [-0.2, 0) is 25.7 Å². The lowest BCUT2D eigenvalue weighted by molar-refractivity contribution is -0.193. The molecule has 1 aromatic rings. The van der Waals surface area contributed by atoms with E-state index in [2.05, 4.69) is 27.2 Å². The van der Waals surface area contributed by atoms with Gasteiger partial charge in [-0.05, 0) is 26.8 Å². The molecule has 1 amide bonds. The number of piperazine rings is 1. The molecule has 0 aliphatic carbocycles. The van der Waals surface area contributed by atoms with Gasteiger partial charge in [0.05, 0.1) is 10.7 Å². The second kappa shape index (κ2) is 15.3. The first-order chi connectivity index (χ1) is 18.8. The summed E-state index contributed by atoms with van der Waals surface area (Å²) in [5, 5.41) is 24.6. The van der Waals surface area contributed by atoms with Crippen molar-refractivity contribution in [3.8, 4) is 0 Å². The van der Waals surface area contributed by atoms with Crippen molar-refractivity contribution < 1.29 is 74.0 Å². The molecule has 11 nitrogen and oxygen atoms in total. The summed E-state index contributed by atoms with van der Waals surface area (Å²) in [6.07, 6.45) is -13.4. The molecule has 1 spiro atoms. The Morgan fingerprint density at radius 2 is 1.21 bits per heavy atom. The molecule has 242 valence electrons. The zero-order valence-electron chi connectivity index (χ0n) is 22.1. The highest BCUT2D eigenvalue weighted by atomic mass is 32.1. The minimum atomic E-state index is -5.08. The number of thiazole rings is 1. The molecular weight excluding hydrogens is 623 g/mol. The summed E-state index contributed by atoms with van der Waals surface area (Å²) in [6, 6.07) is 0. The number of rotatable bonds is 2. The number of aromatic nitrogens is 1. The first kappa shape index (κ1) is 38.8. The molecule has 2 aliphatic heterocycles. The van der Waals surface area contributed by atoms with Gasteiger partial charge >= 0.3 is 36.4 Å². The summed E-state index contributed by atoms with van der Waals surface area (Å²) in [6.45, 7) is 6.73. The summed E-state index contributed by atoms with van der Waals surface area (Å²) in [7, 11) is 4.03. The largest absolute Gasteiger partial charge is 0.490 e. The van der Waals surface area contributed by atoms with E-state index in [9.17, 15) is 44.3 Å². The topological polar surface area (TPSA) is 152 Å². The van der Waals surface area contributed by atoms with Crippen LogP contribution in [0, 0.1) is 6.92 Å². The van der Waals surface area contributed by atoms with Crippen LogP contribution in [0.5, 0.6) is 0 Å². The maximum absolute atomic E-state index is 12.6. The molecule has 0 atom stereocenters. The zero-order chi connectivity index (χ0) is 33.3. The fourth-order valence-electron chi connectivity index (χ4n) is 3.52. The number of halogens is 9. The molecule has 0 radical (unpaired) electrons. The fraction of sp³-hybridized carbons (Fsp3) is 0.667. The highest BCUT2D eigenvalue weighted by molar-refractivity contribution is 7.09. The number of piperidine rings is 1. The number of carbonyl (C=O) groups excluding carboxylic acids is 1. The molecule has 0 bridgehead atoms. The second-order valence-corrected chi connectivity index (χ2v) is 9.78. The standard InChI is InChI=1S/C15H24N4OS.3C2HF3O2/c1-12-16-13(11-21-12)10-19-6-4-15(5-7-19)14(20)17(2)8-9-18(15)3;3*3-2(4,5)1(6)7/h11H,4-10H2,1-3H3;3*(H,6,7). The number of likely N-dealkylation sites (tertiary alicyclic amines) is 1. The minimum Gasteiger partial charge on any atom is -0.475 e. The van der Waals surface area contributed by atoms with Gasteiger partial charge in [-0.15, -0.1) is 11.3 Å². The first-order valence-corrected chi connectivity index (χ1v) is 12.2. The number of aliphatic carboxylic acids is 3. The molecule has 2 saturated heterocycles. The number of alkyl halides is 9. The lowest BCUT2D eigenvalue weighted by atomic mass is 9.83. The van der Waals surface area contributed by atoms with E-state index in [-0.39, 0.29) is 5.54 Å². The number of carbonyl (C=O) groups is 4. The van der Waals surface area contributed by atoms with Crippen molar-refractivity contribution in [2.24, 2.45) is 0 Å². The van der Waals surface area contributed by atoms with E-state index in [1.54, 1.807) is 11.3 Å². The van der Waals surface area contributed by atoms with Crippen LogP contribution in [-0.4, -0.2) is 123 Å². The molecule has 2 aliphatic rings. The Hall–Kier alpha value is -3.20. The highest BCUT2D eigenvalue weighted by Crippen LogP contribution is 2.32. The number of likely N-dealkylation sites (N-methyl/N-ethyl adjacent to an activating group) is 2. The van der Waals surface area contributed by atoms with Gasteiger partial charge in [0, 0.05) is 45.2 Å². The van der Waals surface area contributed by atoms with E-state index in [0.29, 0.717) is 5.91 Å². The molecular formula is C21H27F9N4O7S. The average molecular weight is 651 g/mol. The monoisotopic (exact) mass is 650 g/mol. The quantitative estimate of drug-likeness (QED) is 0.408. The van der Waals surface area contributed by atoms with Gasteiger partial charge in [0.1, 0.15) is 5.54 Å². The summed E-state index contributed by atoms with van der Waals surface area (Å²) >= 11 is 1.71. The molecule has 1 aromatic heterocycles. The molecule has 0 unspecified atom stereocenters. The molecule has 3 heterocycles. The number of nitrogens with zero attached hydrogens (tertiary/aromatic N) is 4. The third-order valence-corrected chi connectivity index (χ3v) is 6.53. The normalized spacial score (nSPS) is 17.6. The van der Waals surface area contributed by atoms with Gasteiger partial charge in [-0.1, -0.05) is 0 Å². The van der Waals surface area contributed by atoms with E-state index in [1.807, 2.05) is 18.9 Å². The Kier molecular flexibility index (Phi) is 14.2. The van der Waals surface area contributed by atoms with E-state index >= 15 is 0 Å². The number of amides is 1. The molecule has 21 heteroatoms. The van der Waals surface area contributed by atoms with Gasteiger partial charge in [0.2, 0.25) is 5.91 Å². The van der Waals surface area contributed by atoms with Crippen LogP contribution in [0.2, 0.25) is 0 Å². The van der Waals surface area contributed by atoms with Gasteiger partial charge in [-0.3, -0.25) is 14.6 Å². The average Bonchev–Trinajstić information content (AvgIpc) is 3.25. The third-order valence-electron chi connectivity index (χ3n) is 5.71. The van der Waals surface area contributed by atoms with Crippen LogP contribution in [0.15, 0.2) is 5.38 Å². The van der Waals surface area contributed by atoms with E-state index in [4.69, 9.17) is 29.7 Å². The van der Waals surface area contributed by atoms with Crippen LogP contribution >= 0.6 is 11.3 Å². The minimum absolute atomic E-state index is 0.262. The molecule has 0 aromatic carbocycles. The lowest BCUT2D eigenvalue weighted by Crippen LogP contribution is -2.66. The number of hydrogen-bond donors (Lipinski definition) is 3. The zero-order valence-corrected chi connectivity index (χ0v) is 22.9. The van der Waals surface area contributed by atoms with E-state index in [1.165, 1.54) is 0 Å². The van der Waals surface area contributed by atoms with Crippen LogP contribution in [0.3, 0.4) is 0 Å². The predicted octanol–water partition coefficient (Wildman–Crippen LogP) is 3.09. The van der Waals surface area contributed by atoms with Crippen molar-refractivity contribution in [3.63, 3.8) is 0 Å². The SMILES string of the molecule is Cc1nc(CN2CCC3(CC2)C(=O)N(C)CCN3C)cs1.O=C(O)C(F)(F)F.O=C(O)C(F)(F)F.O=C(O)C(F)(F)F. The van der Waals surface area contributed by atoms with Gasteiger partial charge in [0.15, 0.2) is 0 Å². The van der Waals surface area contributed by atoms with Crippen LogP contribution < -0.4 is 0 Å². The molecule has 3 rings (SSSR count). The summed E-state index contributed by atoms with van der Waals surface area (Å²) in [5.41, 5.74) is 0.899. The first-order valence-electron chi connectivity index (χ1n) is 11.3. The van der Waals surface area contributed by atoms with Gasteiger partial charge in [0.25, 0.3) is 0 Å². The Bertz CT molecular complexity index is 1010. The van der Waals surface area contributed by atoms with Crippen molar-refractivity contribution in [1.29, 1.82) is 0 Å². The maximum atomic E-state index is 12.6. The third kappa shape index (κ3) is 12.8. The smallest absolute Gasteiger partial charge is 0.475 e. The van der Waals surface area contributed by atoms with Crippen LogP contribution in [0.4, 0.5) is 39.5 Å². The maximum Gasteiger partial charge on any atom is 0.490 e. The summed E-state index contributed by atoms with van der Waals surface area (Å²) in [5.74, 6) is -7.96. The fourth-order valence-corrected chi connectivity index (χ4v) is 4.12. The Balaban J connectivity index is 0.000000660. The van der Waals surface area contributed by atoms with Crippen molar-refractivity contribution >= 4 is 35.2 Å². The van der Waals surface area contributed by atoms with Crippen molar-refractivity contribution in [3.05, 3.63) is 16.1 Å². The number of hydrogen-bond acceptors (Lipinski definition) is 8. The number of carboxylic acids is 3.